The first-order valence-electron chi connectivity index (χ1n) is 8.91. The zero-order chi connectivity index (χ0) is 16.8. The Morgan fingerprint density at radius 2 is 2.04 bits per heavy atom. The lowest BCUT2D eigenvalue weighted by atomic mass is 9.89. The topological polar surface area (TPSA) is 58.2 Å². The summed E-state index contributed by atoms with van der Waals surface area (Å²) >= 11 is 1.72. The zero-order valence-corrected chi connectivity index (χ0v) is 15.4. The van der Waals surface area contributed by atoms with E-state index in [9.17, 15) is 4.79 Å². The molecule has 1 aliphatic carbocycles. The van der Waals surface area contributed by atoms with Crippen molar-refractivity contribution in [3.8, 4) is 0 Å². The molecule has 0 spiro atoms. The maximum absolute atomic E-state index is 12.7. The lowest BCUT2D eigenvalue weighted by Crippen LogP contribution is -2.45. The van der Waals surface area contributed by atoms with E-state index in [0.717, 1.165) is 42.0 Å². The highest BCUT2D eigenvalue weighted by Crippen LogP contribution is 2.35. The fraction of sp³-hybridized carbons (Fsp3) is 0.667. The van der Waals surface area contributed by atoms with E-state index >= 15 is 0 Å². The first-order valence-corrected chi connectivity index (χ1v) is 9.72. The fourth-order valence-electron chi connectivity index (χ4n) is 4.09. The maximum atomic E-state index is 12.7. The Morgan fingerprint density at radius 1 is 1.29 bits per heavy atom. The molecule has 0 saturated carbocycles. The van der Waals surface area contributed by atoms with E-state index in [1.165, 1.54) is 16.9 Å². The van der Waals surface area contributed by atoms with Crippen LogP contribution in [-0.2, 0) is 24.1 Å². The van der Waals surface area contributed by atoms with Crippen molar-refractivity contribution in [2.45, 2.75) is 58.8 Å². The summed E-state index contributed by atoms with van der Waals surface area (Å²) in [6.45, 7) is 8.92. The van der Waals surface area contributed by atoms with E-state index < -0.39 is 0 Å². The van der Waals surface area contributed by atoms with Crippen LogP contribution in [0, 0.1) is 5.92 Å². The second-order valence-corrected chi connectivity index (χ2v) is 8.58. The molecule has 1 aliphatic heterocycles. The lowest BCUT2D eigenvalue weighted by molar-refractivity contribution is -0.0710. The van der Waals surface area contributed by atoms with Gasteiger partial charge in [0.2, 0.25) is 0 Å². The van der Waals surface area contributed by atoms with Gasteiger partial charge in [0, 0.05) is 18.0 Å². The number of aryl methyl sites for hydroxylation is 1. The van der Waals surface area contributed by atoms with Gasteiger partial charge in [0.1, 0.15) is 10.7 Å². The van der Waals surface area contributed by atoms with Crippen LogP contribution in [0.5, 0.6) is 0 Å². The van der Waals surface area contributed by atoms with Crippen molar-refractivity contribution >= 4 is 21.6 Å². The summed E-state index contributed by atoms with van der Waals surface area (Å²) in [6, 6.07) is 0. The summed E-state index contributed by atoms with van der Waals surface area (Å²) in [5.74, 6) is 1.49. The van der Waals surface area contributed by atoms with E-state index in [-0.39, 0.29) is 17.8 Å². The predicted molar refractivity (Wildman–Crippen MR) is 96.7 cm³/mol. The Labute approximate surface area is 146 Å². The molecule has 2 aromatic rings. The van der Waals surface area contributed by atoms with E-state index in [0.29, 0.717) is 12.5 Å². The van der Waals surface area contributed by atoms with Crippen LogP contribution in [0.1, 0.15) is 43.5 Å². The van der Waals surface area contributed by atoms with Crippen molar-refractivity contribution in [2.24, 2.45) is 5.92 Å². The quantitative estimate of drug-likeness (QED) is 0.907. The molecule has 0 aromatic carbocycles. The van der Waals surface area contributed by atoms with Crippen LogP contribution in [-0.4, -0.2) is 40.2 Å². The fourth-order valence-corrected chi connectivity index (χ4v) is 5.50. The normalized spacial score (nSPS) is 28.2. The Morgan fingerprint density at radius 3 is 2.79 bits per heavy atom. The van der Waals surface area contributed by atoms with E-state index in [1.54, 1.807) is 11.3 Å². The van der Waals surface area contributed by atoms with E-state index in [1.807, 2.05) is 0 Å². The van der Waals surface area contributed by atoms with E-state index in [4.69, 9.17) is 9.72 Å². The molecule has 6 heteroatoms. The third-order valence-corrected chi connectivity index (χ3v) is 6.23. The van der Waals surface area contributed by atoms with Crippen molar-refractivity contribution in [2.75, 3.05) is 13.1 Å². The number of hydrogen-bond acceptors (Lipinski definition) is 5. The van der Waals surface area contributed by atoms with Gasteiger partial charge in [-0.1, -0.05) is 6.92 Å². The molecule has 1 fully saturated rings. The highest BCUT2D eigenvalue weighted by Gasteiger charge is 2.25. The minimum absolute atomic E-state index is 0.0383. The summed E-state index contributed by atoms with van der Waals surface area (Å²) in [4.78, 5) is 25.1. The average Bonchev–Trinajstić information content (AvgIpc) is 2.83. The van der Waals surface area contributed by atoms with Crippen molar-refractivity contribution in [3.05, 3.63) is 26.6 Å². The first kappa shape index (κ1) is 16.2. The molecule has 5 nitrogen and oxygen atoms in total. The largest absolute Gasteiger partial charge is 0.373 e. The van der Waals surface area contributed by atoms with Gasteiger partial charge < -0.3 is 9.72 Å². The zero-order valence-electron chi connectivity index (χ0n) is 14.6. The molecule has 1 saturated heterocycles. The van der Waals surface area contributed by atoms with E-state index in [2.05, 4.69) is 30.7 Å². The van der Waals surface area contributed by atoms with Crippen LogP contribution in [0.15, 0.2) is 4.79 Å². The number of thiophene rings is 1. The van der Waals surface area contributed by atoms with Gasteiger partial charge in [-0.15, -0.1) is 11.3 Å². The van der Waals surface area contributed by atoms with Gasteiger partial charge in [-0.05, 0) is 44.6 Å². The number of aromatic nitrogens is 2. The molecular weight excluding hydrogens is 322 g/mol. The highest BCUT2D eigenvalue weighted by atomic mass is 32.1. The van der Waals surface area contributed by atoms with Gasteiger partial charge in [-0.2, -0.15) is 0 Å². The second kappa shape index (κ2) is 6.24. The number of nitrogens with one attached hydrogen (secondary N) is 1. The van der Waals surface area contributed by atoms with Gasteiger partial charge in [-0.3, -0.25) is 9.69 Å². The molecule has 130 valence electrons. The van der Waals surface area contributed by atoms with Crippen molar-refractivity contribution in [3.63, 3.8) is 0 Å². The molecule has 24 heavy (non-hydrogen) atoms. The summed E-state index contributed by atoms with van der Waals surface area (Å²) in [7, 11) is 0. The van der Waals surface area contributed by atoms with Crippen LogP contribution in [0.3, 0.4) is 0 Å². The number of H-pyrrole nitrogens is 1. The van der Waals surface area contributed by atoms with Gasteiger partial charge in [0.15, 0.2) is 0 Å². The number of aromatic amines is 1. The molecule has 0 unspecified atom stereocenters. The number of fused-ring (bicyclic) bond motifs is 3. The Bertz CT molecular complexity index is 802. The number of rotatable bonds is 2. The smallest absolute Gasteiger partial charge is 0.259 e. The van der Waals surface area contributed by atoms with Gasteiger partial charge >= 0.3 is 0 Å². The molecule has 3 atom stereocenters. The average molecular weight is 347 g/mol. The van der Waals surface area contributed by atoms with Crippen LogP contribution < -0.4 is 5.56 Å². The van der Waals surface area contributed by atoms with Crippen molar-refractivity contribution in [1.82, 2.24) is 14.9 Å². The number of morpholine rings is 1. The molecule has 0 amide bonds. The third kappa shape index (κ3) is 3.03. The number of nitrogens with zero attached hydrogens (tertiary/aromatic N) is 2. The molecule has 0 bridgehead atoms. The monoisotopic (exact) mass is 347 g/mol. The minimum Gasteiger partial charge on any atom is -0.373 e. The minimum atomic E-state index is 0.0383. The van der Waals surface area contributed by atoms with Crippen LogP contribution >= 0.6 is 11.3 Å². The number of hydrogen-bond donors (Lipinski definition) is 1. The Kier molecular flexibility index (Phi) is 4.22. The lowest BCUT2D eigenvalue weighted by Gasteiger charge is -2.34. The standard InChI is InChI=1S/C18H25N3O2S/c1-10-4-5-13-14(6-10)24-18-16(13)17(22)19-15(20-18)9-21-7-11(2)23-12(3)8-21/h10-12H,4-9H2,1-3H3,(H,19,20,22)/t10-,11-,12+/m0/s1. The van der Waals surface area contributed by atoms with Crippen molar-refractivity contribution in [1.29, 1.82) is 0 Å². The van der Waals surface area contributed by atoms with Gasteiger partial charge in [-0.25, -0.2) is 4.98 Å². The van der Waals surface area contributed by atoms with Gasteiger partial charge in [0.25, 0.3) is 5.56 Å². The molecule has 2 aliphatic rings. The molecule has 4 rings (SSSR count). The Hall–Kier alpha value is -1.24. The summed E-state index contributed by atoms with van der Waals surface area (Å²) in [5, 5.41) is 0.842. The number of ether oxygens (including phenoxy) is 1. The van der Waals surface area contributed by atoms with Crippen LogP contribution in [0.2, 0.25) is 0 Å². The van der Waals surface area contributed by atoms with Crippen LogP contribution in [0.25, 0.3) is 10.2 Å². The summed E-state index contributed by atoms with van der Waals surface area (Å²) in [6.07, 6.45) is 3.71. The second-order valence-electron chi connectivity index (χ2n) is 7.50. The summed E-state index contributed by atoms with van der Waals surface area (Å²) < 4.78 is 5.78. The third-order valence-electron chi connectivity index (χ3n) is 5.08. The SMILES string of the molecule is C[C@H]1CCc2c(sc3nc(CN4C[C@@H](C)O[C@@H](C)C4)[nH]c(=O)c23)C1. The Balaban J connectivity index is 1.65. The first-order chi connectivity index (χ1) is 11.5. The molecule has 2 aromatic heterocycles. The molecular formula is C18H25N3O2S. The molecule has 1 N–H and O–H groups in total. The highest BCUT2D eigenvalue weighted by molar-refractivity contribution is 7.18. The van der Waals surface area contributed by atoms with Gasteiger partial charge in [0.05, 0.1) is 24.1 Å². The maximum Gasteiger partial charge on any atom is 0.259 e. The predicted octanol–water partition coefficient (Wildman–Crippen LogP) is 2.72. The van der Waals surface area contributed by atoms with Crippen LogP contribution in [0.4, 0.5) is 0 Å². The molecule has 0 radical (unpaired) electrons. The summed E-state index contributed by atoms with van der Waals surface area (Å²) in [5.41, 5.74) is 1.29. The van der Waals surface area contributed by atoms with Crippen molar-refractivity contribution < 1.29 is 4.74 Å². The molecule has 3 heterocycles.